The number of aromatic nitrogens is 3. The highest BCUT2D eigenvalue weighted by Crippen LogP contribution is 2.30. The number of aryl methyl sites for hydroxylation is 1. The van der Waals surface area contributed by atoms with Crippen LogP contribution in [0.2, 0.25) is 0 Å². The smallest absolute Gasteiger partial charge is 0.282 e. The number of carbonyl (C=O) groups is 2. The third kappa shape index (κ3) is 4.00. The number of piperazine rings is 1. The molecule has 3 aromatic heterocycles. The van der Waals surface area contributed by atoms with Crippen molar-refractivity contribution in [2.75, 3.05) is 37.6 Å². The van der Waals surface area contributed by atoms with Gasteiger partial charge in [0.05, 0.1) is 16.9 Å². The van der Waals surface area contributed by atoms with Gasteiger partial charge in [0.15, 0.2) is 5.01 Å². The fraction of sp³-hybridized carbons (Fsp3) is 0.308. The lowest BCUT2D eigenvalue weighted by Crippen LogP contribution is -2.52. The largest absolute Gasteiger partial charge is 0.334 e. The van der Waals surface area contributed by atoms with Gasteiger partial charge < -0.3 is 14.4 Å². The molecule has 0 N–H and O–H groups in total. The Labute approximate surface area is 207 Å². The Morgan fingerprint density at radius 2 is 1.91 bits per heavy atom. The molecule has 2 aliphatic rings. The van der Waals surface area contributed by atoms with Crippen LogP contribution in [0.3, 0.4) is 0 Å². The topological polar surface area (TPSA) is 74.6 Å². The van der Waals surface area contributed by atoms with Crippen LogP contribution in [0.1, 0.15) is 21.9 Å². The summed E-state index contributed by atoms with van der Waals surface area (Å²) in [6, 6.07) is 12.5. The first-order valence-corrected chi connectivity index (χ1v) is 12.7. The third-order valence-electron chi connectivity index (χ3n) is 7.06. The van der Waals surface area contributed by atoms with Gasteiger partial charge in [0.1, 0.15) is 0 Å². The zero-order valence-corrected chi connectivity index (χ0v) is 20.3. The number of pyridine rings is 1. The Kier molecular flexibility index (Phi) is 5.58. The summed E-state index contributed by atoms with van der Waals surface area (Å²) >= 11 is 1.38. The summed E-state index contributed by atoms with van der Waals surface area (Å²) in [6.45, 7) is 5.55. The van der Waals surface area contributed by atoms with E-state index in [-0.39, 0.29) is 17.9 Å². The summed E-state index contributed by atoms with van der Waals surface area (Å²) in [5.74, 6) is 0.156. The van der Waals surface area contributed by atoms with Crippen molar-refractivity contribution in [1.29, 1.82) is 0 Å². The van der Waals surface area contributed by atoms with Gasteiger partial charge in [-0.3, -0.25) is 19.5 Å². The van der Waals surface area contributed by atoms with Gasteiger partial charge in [-0.1, -0.05) is 0 Å². The Morgan fingerprint density at radius 1 is 1.06 bits per heavy atom. The van der Waals surface area contributed by atoms with Crippen molar-refractivity contribution < 1.29 is 9.59 Å². The Morgan fingerprint density at radius 3 is 2.69 bits per heavy atom. The minimum absolute atomic E-state index is 0.00509. The van der Waals surface area contributed by atoms with Gasteiger partial charge in [-0.25, -0.2) is 4.98 Å². The van der Waals surface area contributed by atoms with Crippen LogP contribution in [0.25, 0.3) is 16.6 Å². The molecule has 35 heavy (non-hydrogen) atoms. The first kappa shape index (κ1) is 21.9. The van der Waals surface area contributed by atoms with Crippen LogP contribution in [0.5, 0.6) is 0 Å². The molecule has 1 unspecified atom stereocenters. The van der Waals surface area contributed by atoms with Crippen molar-refractivity contribution in [1.82, 2.24) is 24.3 Å². The lowest BCUT2D eigenvalue weighted by molar-refractivity contribution is -0.117. The predicted octanol–water partition coefficient (Wildman–Crippen LogP) is 3.35. The number of carbonyl (C=O) groups excluding carboxylic acids is 2. The molecule has 2 fully saturated rings. The number of rotatable bonds is 4. The van der Waals surface area contributed by atoms with Crippen LogP contribution in [0.4, 0.5) is 5.69 Å². The Hall–Kier alpha value is -3.56. The van der Waals surface area contributed by atoms with Crippen molar-refractivity contribution in [2.45, 2.75) is 19.4 Å². The minimum atomic E-state index is 0.00509. The van der Waals surface area contributed by atoms with E-state index < -0.39 is 0 Å². The molecule has 2 amide bonds. The molecule has 0 saturated carbocycles. The van der Waals surface area contributed by atoms with Crippen molar-refractivity contribution >= 4 is 39.7 Å². The summed E-state index contributed by atoms with van der Waals surface area (Å²) < 4.78 is 2.14. The molecule has 8 nitrogen and oxygen atoms in total. The summed E-state index contributed by atoms with van der Waals surface area (Å²) in [7, 11) is 0. The molecule has 0 bridgehead atoms. The minimum Gasteiger partial charge on any atom is -0.334 e. The number of benzene rings is 1. The van der Waals surface area contributed by atoms with Crippen LogP contribution in [0, 0.1) is 6.92 Å². The lowest BCUT2D eigenvalue weighted by Gasteiger charge is -2.37. The fourth-order valence-electron chi connectivity index (χ4n) is 5.18. The average molecular weight is 487 g/mol. The maximum absolute atomic E-state index is 13.0. The number of amides is 2. The Balaban J connectivity index is 1.15. The van der Waals surface area contributed by atoms with Crippen LogP contribution in [-0.4, -0.2) is 74.9 Å². The number of hydrogen-bond donors (Lipinski definition) is 0. The quantitative estimate of drug-likeness (QED) is 0.442. The number of thiazole rings is 1. The third-order valence-corrected chi connectivity index (χ3v) is 7.82. The molecule has 9 heteroatoms. The molecule has 0 aliphatic carbocycles. The van der Waals surface area contributed by atoms with E-state index in [0.29, 0.717) is 31.1 Å². The first-order chi connectivity index (χ1) is 17.1. The fourth-order valence-corrected chi connectivity index (χ4v) is 5.78. The predicted molar refractivity (Wildman–Crippen MR) is 136 cm³/mol. The zero-order valence-electron chi connectivity index (χ0n) is 19.5. The highest BCUT2D eigenvalue weighted by atomic mass is 32.1. The van der Waals surface area contributed by atoms with Crippen molar-refractivity contribution in [3.05, 3.63) is 71.1 Å². The van der Waals surface area contributed by atoms with Crippen LogP contribution >= 0.6 is 11.3 Å². The zero-order chi connectivity index (χ0) is 23.9. The molecular formula is C26H26N6O2S. The van der Waals surface area contributed by atoms with E-state index in [1.54, 1.807) is 12.4 Å². The summed E-state index contributed by atoms with van der Waals surface area (Å²) in [5, 5.41) is 3.47. The maximum atomic E-state index is 13.0. The SMILES string of the molecule is Cc1ncccc1-n1ccc2cc(N3CC(N4CCN(C(=O)c5nccs5)CC4)CC3=O)ccc21. The monoisotopic (exact) mass is 486 g/mol. The maximum Gasteiger partial charge on any atom is 0.282 e. The van der Waals surface area contributed by atoms with Gasteiger partial charge in [0, 0.05) is 80.2 Å². The molecular weight excluding hydrogens is 460 g/mol. The lowest BCUT2D eigenvalue weighted by atomic mass is 10.2. The highest BCUT2D eigenvalue weighted by Gasteiger charge is 2.36. The molecule has 1 atom stereocenters. The second-order valence-electron chi connectivity index (χ2n) is 9.06. The van der Waals surface area contributed by atoms with Gasteiger partial charge >= 0.3 is 0 Å². The van der Waals surface area contributed by atoms with Crippen molar-refractivity contribution in [3.8, 4) is 5.69 Å². The summed E-state index contributed by atoms with van der Waals surface area (Å²) in [4.78, 5) is 40.2. The highest BCUT2D eigenvalue weighted by molar-refractivity contribution is 7.11. The van der Waals surface area contributed by atoms with E-state index in [4.69, 9.17) is 0 Å². The van der Waals surface area contributed by atoms with E-state index in [2.05, 4.69) is 49.9 Å². The molecule has 5 heterocycles. The molecule has 6 rings (SSSR count). The van der Waals surface area contributed by atoms with Crippen molar-refractivity contribution in [3.63, 3.8) is 0 Å². The van der Waals surface area contributed by atoms with Crippen LogP contribution < -0.4 is 4.90 Å². The number of fused-ring (bicyclic) bond motifs is 1. The second kappa shape index (κ2) is 8.90. The standard InChI is InChI=1S/C26H26N6O2S/c1-18-22(3-2-7-27-18)31-9-6-19-15-20(4-5-23(19)31)32-17-21(16-24(32)33)29-10-12-30(13-11-29)26(34)25-28-8-14-35-25/h2-9,14-15,21H,10-13,16-17H2,1H3. The molecule has 178 valence electrons. The van der Waals surface area contributed by atoms with Gasteiger partial charge in [0.25, 0.3) is 5.91 Å². The van der Waals surface area contributed by atoms with E-state index in [1.165, 1.54) is 11.3 Å². The number of hydrogen-bond acceptors (Lipinski definition) is 6. The molecule has 4 aromatic rings. The Bertz CT molecular complexity index is 1390. The molecule has 1 aromatic carbocycles. The molecule has 0 radical (unpaired) electrons. The average Bonchev–Trinajstić information content (AvgIpc) is 3.64. The van der Waals surface area contributed by atoms with Gasteiger partial charge in [-0.15, -0.1) is 11.3 Å². The van der Waals surface area contributed by atoms with E-state index >= 15 is 0 Å². The molecule has 2 aliphatic heterocycles. The van der Waals surface area contributed by atoms with E-state index in [1.807, 2.05) is 34.2 Å². The van der Waals surface area contributed by atoms with E-state index in [0.717, 1.165) is 41.1 Å². The van der Waals surface area contributed by atoms with Gasteiger partial charge in [-0.05, 0) is 43.3 Å². The first-order valence-electron chi connectivity index (χ1n) is 11.8. The molecule has 0 spiro atoms. The second-order valence-corrected chi connectivity index (χ2v) is 9.96. The van der Waals surface area contributed by atoms with Crippen molar-refractivity contribution in [2.24, 2.45) is 0 Å². The van der Waals surface area contributed by atoms with Crippen LogP contribution in [-0.2, 0) is 4.79 Å². The normalized spacial score (nSPS) is 19.1. The number of anilines is 1. The van der Waals surface area contributed by atoms with Crippen LogP contribution in [0.15, 0.2) is 60.4 Å². The summed E-state index contributed by atoms with van der Waals surface area (Å²) in [6.07, 6.45) is 6.03. The number of nitrogens with zero attached hydrogens (tertiary/aromatic N) is 6. The van der Waals surface area contributed by atoms with Gasteiger partial charge in [0.2, 0.25) is 5.91 Å². The molecule has 2 saturated heterocycles. The summed E-state index contributed by atoms with van der Waals surface area (Å²) in [5.41, 5.74) is 4.05. The van der Waals surface area contributed by atoms with E-state index in [9.17, 15) is 9.59 Å². The van der Waals surface area contributed by atoms with Gasteiger partial charge in [-0.2, -0.15) is 0 Å².